The van der Waals surface area contributed by atoms with E-state index in [1.807, 2.05) is 0 Å². The molecule has 1 fully saturated rings. The van der Waals surface area contributed by atoms with Crippen molar-refractivity contribution < 1.29 is 23.4 Å². The Kier molecular flexibility index (Phi) is 4.03. The molecular weight excluding hydrogens is 320 g/mol. The summed E-state index contributed by atoms with van der Waals surface area (Å²) in [6.45, 7) is 3.45. The second-order valence-electron chi connectivity index (χ2n) is 5.74. The highest BCUT2D eigenvalue weighted by Crippen LogP contribution is 2.42. The quantitative estimate of drug-likeness (QED) is 0.909. The van der Waals surface area contributed by atoms with Crippen LogP contribution in [0.3, 0.4) is 0 Å². The van der Waals surface area contributed by atoms with Gasteiger partial charge in [0.1, 0.15) is 5.56 Å². The first-order valence-corrected chi connectivity index (χ1v) is 7.87. The van der Waals surface area contributed by atoms with E-state index < -0.39 is 23.0 Å². The molecule has 3 rings (SSSR count). The maximum Gasteiger partial charge on any atom is 0.341 e. The highest BCUT2D eigenvalue weighted by Gasteiger charge is 2.33. The van der Waals surface area contributed by atoms with Gasteiger partial charge in [-0.2, -0.15) is 4.39 Å². The van der Waals surface area contributed by atoms with Crippen molar-refractivity contribution in [1.29, 1.82) is 0 Å². The van der Waals surface area contributed by atoms with Crippen molar-refractivity contribution in [3.63, 3.8) is 0 Å². The Morgan fingerprint density at radius 3 is 2.54 bits per heavy atom. The standard InChI is InChI=1S/C17H17F2NO4/c1-3-11-12(17(22)23)15(21)9-7-10(18)13(19)16(24-4-2)14(9)20(11)8-5-6-8/h7-8H,3-6H2,1-2H3,(H,22,23). The van der Waals surface area contributed by atoms with Gasteiger partial charge in [0, 0.05) is 11.7 Å². The van der Waals surface area contributed by atoms with Crippen molar-refractivity contribution >= 4 is 16.9 Å². The van der Waals surface area contributed by atoms with E-state index in [0.29, 0.717) is 5.69 Å². The maximum atomic E-state index is 14.3. The van der Waals surface area contributed by atoms with Gasteiger partial charge >= 0.3 is 5.97 Å². The third-order valence-electron chi connectivity index (χ3n) is 4.19. The summed E-state index contributed by atoms with van der Waals surface area (Å²) in [5.41, 5.74) is -0.740. The van der Waals surface area contributed by atoms with E-state index >= 15 is 0 Å². The van der Waals surface area contributed by atoms with Crippen molar-refractivity contribution in [1.82, 2.24) is 4.57 Å². The lowest BCUT2D eigenvalue weighted by molar-refractivity contribution is 0.0693. The van der Waals surface area contributed by atoms with Gasteiger partial charge in [-0.1, -0.05) is 6.92 Å². The fraction of sp³-hybridized carbons (Fsp3) is 0.412. The first-order valence-electron chi connectivity index (χ1n) is 7.87. The van der Waals surface area contributed by atoms with Gasteiger partial charge in [0.05, 0.1) is 17.5 Å². The predicted molar refractivity (Wildman–Crippen MR) is 83.9 cm³/mol. The maximum absolute atomic E-state index is 14.3. The van der Waals surface area contributed by atoms with Crippen LogP contribution in [0.5, 0.6) is 5.75 Å². The molecule has 5 nitrogen and oxygen atoms in total. The van der Waals surface area contributed by atoms with E-state index in [9.17, 15) is 23.5 Å². The molecule has 0 atom stereocenters. The molecule has 1 N–H and O–H groups in total. The Morgan fingerprint density at radius 1 is 1.38 bits per heavy atom. The molecule has 0 amide bonds. The van der Waals surface area contributed by atoms with Gasteiger partial charge in [-0.05, 0) is 32.3 Å². The highest BCUT2D eigenvalue weighted by atomic mass is 19.2. The van der Waals surface area contributed by atoms with Crippen LogP contribution in [0.2, 0.25) is 0 Å². The average molecular weight is 337 g/mol. The molecule has 1 aromatic heterocycles. The van der Waals surface area contributed by atoms with Gasteiger partial charge in [-0.15, -0.1) is 0 Å². The summed E-state index contributed by atoms with van der Waals surface area (Å²) >= 11 is 0. The van der Waals surface area contributed by atoms with Crippen LogP contribution >= 0.6 is 0 Å². The lowest BCUT2D eigenvalue weighted by Crippen LogP contribution is -2.24. The molecule has 1 aliphatic rings. The Morgan fingerprint density at radius 2 is 2.04 bits per heavy atom. The van der Waals surface area contributed by atoms with E-state index in [4.69, 9.17) is 4.74 Å². The average Bonchev–Trinajstić information content (AvgIpc) is 3.36. The Labute approximate surface area is 136 Å². The number of pyridine rings is 1. The number of carbonyl (C=O) groups is 1. The van der Waals surface area contributed by atoms with Crippen LogP contribution in [0.4, 0.5) is 8.78 Å². The van der Waals surface area contributed by atoms with Crippen LogP contribution < -0.4 is 10.2 Å². The molecule has 2 aromatic rings. The number of ether oxygens (including phenoxy) is 1. The third-order valence-corrected chi connectivity index (χ3v) is 4.19. The number of carboxylic acids is 1. The molecule has 24 heavy (non-hydrogen) atoms. The minimum Gasteiger partial charge on any atom is -0.489 e. The fourth-order valence-electron chi connectivity index (χ4n) is 3.11. The molecule has 0 aliphatic heterocycles. The second-order valence-corrected chi connectivity index (χ2v) is 5.74. The number of aromatic carboxylic acids is 1. The van der Waals surface area contributed by atoms with Gasteiger partial charge in [0.15, 0.2) is 11.6 Å². The molecule has 1 saturated carbocycles. The summed E-state index contributed by atoms with van der Waals surface area (Å²) in [6, 6.07) is 0.727. The topological polar surface area (TPSA) is 68.5 Å². The number of aromatic nitrogens is 1. The largest absolute Gasteiger partial charge is 0.489 e. The van der Waals surface area contributed by atoms with Gasteiger partial charge in [0.25, 0.3) is 0 Å². The molecule has 0 unspecified atom stereocenters. The van der Waals surface area contributed by atoms with Crippen molar-refractivity contribution in [3.05, 3.63) is 39.2 Å². The molecule has 1 heterocycles. The first kappa shape index (κ1) is 16.4. The van der Waals surface area contributed by atoms with Gasteiger partial charge in [-0.3, -0.25) is 4.79 Å². The second kappa shape index (κ2) is 5.89. The van der Waals surface area contributed by atoms with E-state index in [2.05, 4.69) is 0 Å². The molecule has 1 aromatic carbocycles. The number of hydrogen-bond donors (Lipinski definition) is 1. The zero-order valence-corrected chi connectivity index (χ0v) is 13.4. The van der Waals surface area contributed by atoms with E-state index in [1.165, 1.54) is 0 Å². The zero-order chi connectivity index (χ0) is 17.6. The summed E-state index contributed by atoms with van der Waals surface area (Å²) in [6.07, 6.45) is 1.86. The van der Waals surface area contributed by atoms with Crippen LogP contribution in [0.15, 0.2) is 10.9 Å². The minimum atomic E-state index is -1.36. The summed E-state index contributed by atoms with van der Waals surface area (Å²) in [7, 11) is 0. The minimum absolute atomic E-state index is 0.0368. The van der Waals surface area contributed by atoms with Crippen molar-refractivity contribution in [2.75, 3.05) is 6.61 Å². The molecular formula is C17H17F2NO4. The van der Waals surface area contributed by atoms with Gasteiger partial charge in [0.2, 0.25) is 11.2 Å². The smallest absolute Gasteiger partial charge is 0.341 e. The van der Waals surface area contributed by atoms with Gasteiger partial charge in [-0.25, -0.2) is 9.18 Å². The third kappa shape index (κ3) is 2.35. The summed E-state index contributed by atoms with van der Waals surface area (Å²) < 4.78 is 35.1. The van der Waals surface area contributed by atoms with E-state index in [1.54, 1.807) is 18.4 Å². The van der Waals surface area contributed by atoms with Crippen LogP contribution in [-0.4, -0.2) is 22.2 Å². The monoisotopic (exact) mass is 337 g/mol. The van der Waals surface area contributed by atoms with Crippen LogP contribution in [-0.2, 0) is 6.42 Å². The molecule has 0 radical (unpaired) electrons. The Bertz CT molecular complexity index is 900. The predicted octanol–water partition coefficient (Wildman–Crippen LogP) is 3.27. The van der Waals surface area contributed by atoms with Crippen LogP contribution in [0, 0.1) is 11.6 Å². The van der Waals surface area contributed by atoms with Gasteiger partial charge < -0.3 is 14.4 Å². The number of fused-ring (bicyclic) bond motifs is 1. The van der Waals surface area contributed by atoms with Crippen molar-refractivity contribution in [2.24, 2.45) is 0 Å². The zero-order valence-electron chi connectivity index (χ0n) is 13.4. The Balaban J connectivity index is 2.58. The number of benzene rings is 1. The normalized spacial score (nSPS) is 14.2. The van der Waals surface area contributed by atoms with Crippen LogP contribution in [0.1, 0.15) is 48.8 Å². The van der Waals surface area contributed by atoms with Crippen molar-refractivity contribution in [2.45, 2.75) is 39.2 Å². The molecule has 0 saturated heterocycles. The number of halogens is 2. The summed E-state index contributed by atoms with van der Waals surface area (Å²) in [5, 5.41) is 9.28. The summed E-state index contributed by atoms with van der Waals surface area (Å²) in [5.74, 6) is -4.09. The molecule has 128 valence electrons. The van der Waals surface area contributed by atoms with E-state index in [-0.39, 0.29) is 41.3 Å². The highest BCUT2D eigenvalue weighted by molar-refractivity contribution is 5.96. The molecule has 7 heteroatoms. The summed E-state index contributed by atoms with van der Waals surface area (Å²) in [4.78, 5) is 24.2. The van der Waals surface area contributed by atoms with Crippen LogP contribution in [0.25, 0.3) is 10.9 Å². The number of hydrogen-bond acceptors (Lipinski definition) is 3. The molecule has 0 bridgehead atoms. The molecule has 1 aliphatic carbocycles. The number of carboxylic acid groups (broad SMARTS) is 1. The first-order chi connectivity index (χ1) is 11.4. The van der Waals surface area contributed by atoms with Crippen molar-refractivity contribution in [3.8, 4) is 5.75 Å². The number of nitrogens with zero attached hydrogens (tertiary/aromatic N) is 1. The Hall–Kier alpha value is -2.44. The lowest BCUT2D eigenvalue weighted by Gasteiger charge is -2.20. The lowest BCUT2D eigenvalue weighted by atomic mass is 10.0. The molecule has 0 spiro atoms. The fourth-order valence-corrected chi connectivity index (χ4v) is 3.11. The SMILES string of the molecule is CCOc1c(F)c(F)cc2c(=O)c(C(=O)O)c(CC)n(C3CC3)c12. The van der Waals surface area contributed by atoms with E-state index in [0.717, 1.165) is 18.9 Å². The number of rotatable bonds is 5.